The van der Waals surface area contributed by atoms with Crippen molar-refractivity contribution in [2.24, 2.45) is 0 Å². The van der Waals surface area contributed by atoms with Gasteiger partial charge in [-0.3, -0.25) is 4.98 Å². The molecule has 0 aliphatic carbocycles. The predicted octanol–water partition coefficient (Wildman–Crippen LogP) is 2.30. The number of aromatic nitrogens is 6. The highest BCUT2D eigenvalue weighted by Gasteiger charge is 2.18. The van der Waals surface area contributed by atoms with Crippen LogP contribution in [0, 0.1) is 12.7 Å². The molecule has 4 aromatic heterocycles. The molecule has 0 spiro atoms. The summed E-state index contributed by atoms with van der Waals surface area (Å²) in [6.45, 7) is 3.52. The van der Waals surface area contributed by atoms with Crippen molar-refractivity contribution in [2.75, 3.05) is 33.0 Å². The highest BCUT2D eigenvalue weighted by atomic mass is 19.1. The Hall–Kier alpha value is -3.66. The van der Waals surface area contributed by atoms with Crippen molar-refractivity contribution in [2.45, 2.75) is 13.5 Å². The number of likely N-dealkylation sites (N-methyl/N-ethyl adjacent to an activating group) is 1. The zero-order chi connectivity index (χ0) is 22.0. The minimum atomic E-state index is -0.452. The van der Waals surface area contributed by atoms with E-state index in [1.165, 1.54) is 6.07 Å². The van der Waals surface area contributed by atoms with Gasteiger partial charge in [-0.2, -0.15) is 0 Å². The van der Waals surface area contributed by atoms with Gasteiger partial charge in [0, 0.05) is 30.6 Å². The summed E-state index contributed by atoms with van der Waals surface area (Å²) in [5.41, 5.74) is 8.53. The van der Waals surface area contributed by atoms with Gasteiger partial charge in [0.2, 0.25) is 5.88 Å². The van der Waals surface area contributed by atoms with Crippen LogP contribution in [0.1, 0.15) is 11.4 Å². The number of anilines is 1. The highest BCUT2D eigenvalue weighted by Crippen LogP contribution is 2.27. The van der Waals surface area contributed by atoms with Crippen molar-refractivity contribution < 1.29 is 9.13 Å². The van der Waals surface area contributed by atoms with Gasteiger partial charge in [-0.1, -0.05) is 6.07 Å². The highest BCUT2D eigenvalue weighted by molar-refractivity contribution is 5.85. The Morgan fingerprint density at radius 2 is 1.97 bits per heavy atom. The number of nitrogens with two attached hydrogens (primary N) is 1. The second kappa shape index (κ2) is 8.60. The molecule has 0 saturated carbocycles. The van der Waals surface area contributed by atoms with Crippen LogP contribution < -0.4 is 10.5 Å². The van der Waals surface area contributed by atoms with Crippen molar-refractivity contribution in [1.82, 2.24) is 34.4 Å². The third-order valence-electron chi connectivity index (χ3n) is 4.62. The van der Waals surface area contributed by atoms with E-state index in [9.17, 15) is 4.39 Å². The molecule has 31 heavy (non-hydrogen) atoms. The summed E-state index contributed by atoms with van der Waals surface area (Å²) in [7, 11) is 3.97. The number of nitrogens with zero attached hydrogens (tertiary/aromatic N) is 7. The molecule has 0 atom stereocenters. The van der Waals surface area contributed by atoms with Gasteiger partial charge in [-0.25, -0.2) is 24.3 Å². The first kappa shape index (κ1) is 20.6. The Balaban J connectivity index is 1.70. The quantitative estimate of drug-likeness (QED) is 0.483. The van der Waals surface area contributed by atoms with Crippen LogP contribution >= 0.6 is 0 Å². The third kappa shape index (κ3) is 4.58. The molecular formula is C21H23FN8O. The van der Waals surface area contributed by atoms with Crippen molar-refractivity contribution in [3.8, 4) is 17.3 Å². The maximum absolute atomic E-state index is 13.8. The maximum atomic E-state index is 13.8. The van der Waals surface area contributed by atoms with Crippen molar-refractivity contribution in [1.29, 1.82) is 0 Å². The van der Waals surface area contributed by atoms with Crippen LogP contribution in [0.2, 0.25) is 0 Å². The lowest BCUT2D eigenvalue weighted by Gasteiger charge is -2.11. The molecule has 0 aliphatic rings. The fraction of sp³-hybridized carbons (Fsp3) is 0.286. The van der Waals surface area contributed by atoms with Crippen LogP contribution in [0.5, 0.6) is 5.88 Å². The minimum absolute atomic E-state index is 0.273. The van der Waals surface area contributed by atoms with E-state index in [1.807, 2.05) is 35.7 Å². The Kier molecular flexibility index (Phi) is 5.72. The van der Waals surface area contributed by atoms with Gasteiger partial charge in [0.25, 0.3) is 0 Å². The molecule has 10 heteroatoms. The Morgan fingerprint density at radius 1 is 1.13 bits per heavy atom. The number of fused-ring (bicyclic) bond motifs is 1. The van der Waals surface area contributed by atoms with Gasteiger partial charge in [-0.05, 0) is 32.6 Å². The van der Waals surface area contributed by atoms with Gasteiger partial charge in [0.1, 0.15) is 24.1 Å². The molecule has 0 amide bonds. The van der Waals surface area contributed by atoms with Crippen molar-refractivity contribution in [3.05, 3.63) is 54.0 Å². The van der Waals surface area contributed by atoms with Crippen LogP contribution in [0.25, 0.3) is 22.6 Å². The molecule has 4 rings (SSSR count). The molecule has 0 unspecified atom stereocenters. The monoisotopic (exact) mass is 422 g/mol. The van der Waals surface area contributed by atoms with Gasteiger partial charge in [0.15, 0.2) is 17.0 Å². The first-order chi connectivity index (χ1) is 14.9. The Morgan fingerprint density at radius 3 is 2.68 bits per heavy atom. The molecule has 4 heterocycles. The van der Waals surface area contributed by atoms with Crippen LogP contribution in [-0.2, 0) is 6.54 Å². The number of halogens is 1. The van der Waals surface area contributed by atoms with Gasteiger partial charge < -0.3 is 19.9 Å². The van der Waals surface area contributed by atoms with Gasteiger partial charge in [-0.15, -0.1) is 0 Å². The first-order valence-electron chi connectivity index (χ1n) is 9.74. The van der Waals surface area contributed by atoms with Crippen LogP contribution in [0.3, 0.4) is 0 Å². The van der Waals surface area contributed by atoms with E-state index in [0.717, 1.165) is 18.3 Å². The largest absolute Gasteiger partial charge is 0.476 e. The fourth-order valence-corrected chi connectivity index (χ4v) is 3.14. The molecule has 0 bridgehead atoms. The summed E-state index contributed by atoms with van der Waals surface area (Å²) in [5.74, 6) is 1.40. The summed E-state index contributed by atoms with van der Waals surface area (Å²) < 4.78 is 21.3. The second-order valence-corrected chi connectivity index (χ2v) is 7.40. The van der Waals surface area contributed by atoms with E-state index in [0.29, 0.717) is 47.4 Å². The third-order valence-corrected chi connectivity index (χ3v) is 4.62. The normalized spacial score (nSPS) is 11.4. The molecule has 0 fully saturated rings. The number of hydrogen-bond acceptors (Lipinski definition) is 8. The maximum Gasteiger partial charge on any atom is 0.213 e. The topological polar surface area (TPSA) is 108 Å². The second-order valence-electron chi connectivity index (χ2n) is 7.40. The van der Waals surface area contributed by atoms with Crippen molar-refractivity contribution in [3.63, 3.8) is 0 Å². The molecule has 160 valence electrons. The van der Waals surface area contributed by atoms with Gasteiger partial charge >= 0.3 is 0 Å². The van der Waals surface area contributed by atoms with E-state index < -0.39 is 5.82 Å². The van der Waals surface area contributed by atoms with Crippen LogP contribution in [0.4, 0.5) is 10.2 Å². The smallest absolute Gasteiger partial charge is 0.213 e. The summed E-state index contributed by atoms with van der Waals surface area (Å²) in [5, 5.41) is 0. The lowest BCUT2D eigenvalue weighted by atomic mass is 10.2. The Bertz CT molecular complexity index is 1210. The lowest BCUT2D eigenvalue weighted by Crippen LogP contribution is -2.19. The molecule has 0 aromatic carbocycles. The number of pyridine rings is 2. The van der Waals surface area contributed by atoms with Gasteiger partial charge in [0.05, 0.1) is 12.7 Å². The number of rotatable bonds is 7. The fourth-order valence-electron chi connectivity index (χ4n) is 3.14. The minimum Gasteiger partial charge on any atom is -0.476 e. The molecule has 2 N–H and O–H groups in total. The lowest BCUT2D eigenvalue weighted by molar-refractivity contribution is 0.254. The zero-order valence-corrected chi connectivity index (χ0v) is 17.6. The Labute approximate surface area is 178 Å². The number of ether oxygens (including phenoxy) is 1. The first-order valence-corrected chi connectivity index (χ1v) is 9.74. The van der Waals surface area contributed by atoms with Crippen molar-refractivity contribution >= 4 is 17.0 Å². The zero-order valence-electron chi connectivity index (χ0n) is 17.6. The predicted molar refractivity (Wildman–Crippen MR) is 115 cm³/mol. The van der Waals surface area contributed by atoms with E-state index in [2.05, 4.69) is 24.9 Å². The van der Waals surface area contributed by atoms with E-state index in [4.69, 9.17) is 10.5 Å². The number of aryl methyl sites for hydroxylation is 1. The molecule has 0 saturated heterocycles. The van der Waals surface area contributed by atoms with E-state index >= 15 is 0 Å². The molecule has 9 nitrogen and oxygen atoms in total. The summed E-state index contributed by atoms with van der Waals surface area (Å²) in [4.78, 5) is 23.7. The summed E-state index contributed by atoms with van der Waals surface area (Å²) in [6, 6.07) is 5.12. The molecule has 0 radical (unpaired) electrons. The number of imidazole rings is 1. The number of nitrogen functional groups attached to an aromatic ring is 1. The summed E-state index contributed by atoms with van der Waals surface area (Å²) in [6.07, 6.45) is 4.44. The summed E-state index contributed by atoms with van der Waals surface area (Å²) >= 11 is 0. The average molecular weight is 422 g/mol. The average Bonchev–Trinajstić information content (AvgIpc) is 3.08. The van der Waals surface area contributed by atoms with E-state index in [-0.39, 0.29) is 5.82 Å². The standard InChI is InChI=1S/C21H23FN8O/c1-13-26-19(23)18-21(27-13)30(20(28-18)15-8-16(22)11-24-10-15)12-14-4-5-17(25-9-14)31-7-6-29(2)3/h4-5,8-11H,6-7,12H2,1-3H3,(H2,23,26,27). The van der Waals surface area contributed by atoms with Crippen LogP contribution in [-0.4, -0.2) is 61.6 Å². The molecule has 4 aromatic rings. The SMILES string of the molecule is Cc1nc(N)c2nc(-c3cncc(F)c3)n(Cc3ccc(OCCN(C)C)nc3)c2n1. The molecule has 0 aliphatic heterocycles. The van der Waals surface area contributed by atoms with Crippen LogP contribution in [0.15, 0.2) is 36.8 Å². The number of hydrogen-bond donors (Lipinski definition) is 1. The molecular weight excluding hydrogens is 399 g/mol. The van der Waals surface area contributed by atoms with E-state index in [1.54, 1.807) is 19.3 Å².